The van der Waals surface area contributed by atoms with Crippen LogP contribution in [-0.4, -0.2) is 36.7 Å². The van der Waals surface area contributed by atoms with E-state index < -0.39 is 12.6 Å². The van der Waals surface area contributed by atoms with Crippen LogP contribution in [0.5, 0.6) is 0 Å². The molecule has 0 aliphatic rings. The molecule has 7 nitrogen and oxygen atoms in total. The summed E-state index contributed by atoms with van der Waals surface area (Å²) in [7, 11) is 0. The summed E-state index contributed by atoms with van der Waals surface area (Å²) in [4.78, 5) is 48.1. The smallest absolute Gasteiger partial charge is 0.325 e. The Morgan fingerprint density at radius 2 is 1.75 bits per heavy atom. The molecule has 0 aliphatic heterocycles. The summed E-state index contributed by atoms with van der Waals surface area (Å²) in [5, 5.41) is 5.12. The fraction of sp³-hybridized carbons (Fsp3) is 0.300. The molecule has 2 aromatic rings. The first-order valence-corrected chi connectivity index (χ1v) is 9.45. The van der Waals surface area contributed by atoms with Gasteiger partial charge in [0.05, 0.1) is 11.4 Å². The van der Waals surface area contributed by atoms with Gasteiger partial charge in [0.25, 0.3) is 5.91 Å². The van der Waals surface area contributed by atoms with Gasteiger partial charge in [-0.3, -0.25) is 19.2 Å². The second-order valence-electron chi connectivity index (χ2n) is 6.24. The number of carbonyl (C=O) groups excluding carboxylic acids is 4. The fourth-order valence-corrected chi connectivity index (χ4v) is 3.11. The summed E-state index contributed by atoms with van der Waals surface area (Å²) in [6.07, 6.45) is 0. The molecule has 0 unspecified atom stereocenters. The summed E-state index contributed by atoms with van der Waals surface area (Å²) < 4.78 is 4.93. The normalized spacial score (nSPS) is 10.2. The highest BCUT2D eigenvalue weighted by molar-refractivity contribution is 7.14. The Balaban J connectivity index is 1.77. The average Bonchev–Trinajstić information content (AvgIpc) is 3.13. The van der Waals surface area contributed by atoms with Crippen molar-refractivity contribution in [3.8, 4) is 0 Å². The van der Waals surface area contributed by atoms with Gasteiger partial charge in [-0.15, -0.1) is 11.3 Å². The van der Waals surface area contributed by atoms with Crippen LogP contribution in [0.1, 0.15) is 43.0 Å². The van der Waals surface area contributed by atoms with Crippen molar-refractivity contribution >= 4 is 34.9 Å². The van der Waals surface area contributed by atoms with Crippen molar-refractivity contribution in [3.05, 3.63) is 56.8 Å². The molecule has 0 radical (unpaired) electrons. The van der Waals surface area contributed by atoms with Crippen LogP contribution in [0, 0.1) is 13.8 Å². The Bertz CT molecular complexity index is 904. The number of hydrogen-bond acceptors (Lipinski definition) is 6. The van der Waals surface area contributed by atoms with Crippen molar-refractivity contribution in [2.75, 3.05) is 13.2 Å². The maximum absolute atomic E-state index is 12.1. The van der Waals surface area contributed by atoms with E-state index in [4.69, 9.17) is 4.74 Å². The fourth-order valence-electron chi connectivity index (χ4n) is 2.24. The van der Waals surface area contributed by atoms with Gasteiger partial charge in [-0.1, -0.05) is 6.07 Å². The molecule has 28 heavy (non-hydrogen) atoms. The largest absolute Gasteiger partial charge is 0.456 e. The predicted molar refractivity (Wildman–Crippen MR) is 105 cm³/mol. The minimum atomic E-state index is -0.694. The number of ether oxygens (including phenoxy) is 1. The number of ketones is 1. The van der Waals surface area contributed by atoms with Gasteiger partial charge in [-0.2, -0.15) is 0 Å². The molecule has 0 saturated heterocycles. The van der Waals surface area contributed by atoms with Crippen molar-refractivity contribution in [1.29, 1.82) is 0 Å². The first-order valence-electron chi connectivity index (χ1n) is 8.63. The van der Waals surface area contributed by atoms with Crippen LogP contribution in [-0.2, 0) is 20.9 Å². The van der Waals surface area contributed by atoms with Crippen molar-refractivity contribution in [1.82, 2.24) is 10.6 Å². The number of thiophene rings is 1. The van der Waals surface area contributed by atoms with E-state index in [0.717, 1.165) is 16.0 Å². The summed E-state index contributed by atoms with van der Waals surface area (Å²) in [6, 6.07) is 8.62. The number of hydrogen-bond donors (Lipinski definition) is 2. The molecule has 1 aromatic heterocycles. The van der Waals surface area contributed by atoms with Crippen molar-refractivity contribution in [3.63, 3.8) is 0 Å². The number of amides is 2. The average molecular weight is 402 g/mol. The summed E-state index contributed by atoms with van der Waals surface area (Å²) in [5.41, 5.74) is 2.51. The molecule has 148 valence electrons. The van der Waals surface area contributed by atoms with E-state index in [1.54, 1.807) is 24.3 Å². The summed E-state index contributed by atoms with van der Waals surface area (Å²) in [6.45, 7) is 4.88. The Kier molecular flexibility index (Phi) is 7.45. The van der Waals surface area contributed by atoms with E-state index >= 15 is 0 Å². The summed E-state index contributed by atoms with van der Waals surface area (Å²) in [5.74, 6) is -1.57. The molecule has 0 saturated carbocycles. The molecule has 0 aliphatic carbocycles. The number of carbonyl (C=O) groups is 4. The maximum Gasteiger partial charge on any atom is 0.325 e. The number of aryl methyl sites for hydroxylation is 2. The molecule has 2 amide bonds. The van der Waals surface area contributed by atoms with Gasteiger partial charge >= 0.3 is 5.97 Å². The molecule has 2 N–H and O–H groups in total. The minimum Gasteiger partial charge on any atom is -0.456 e. The number of benzene rings is 1. The van der Waals surface area contributed by atoms with Gasteiger partial charge in [0.1, 0.15) is 6.54 Å². The lowest BCUT2D eigenvalue weighted by molar-refractivity contribution is -0.141. The Hall–Kier alpha value is -3.00. The monoisotopic (exact) mass is 402 g/mol. The third-order valence-electron chi connectivity index (χ3n) is 3.97. The van der Waals surface area contributed by atoms with Crippen molar-refractivity contribution < 1.29 is 23.9 Å². The standard InChI is InChI=1S/C20H22N2O5S/c1-12-4-5-15(8-13(12)2)20(26)22-10-19(25)27-11-17(24)18-7-6-16(28-18)9-21-14(3)23/h4-8H,9-11H2,1-3H3,(H,21,23)(H,22,26). The van der Waals surface area contributed by atoms with Crippen LogP contribution in [0.25, 0.3) is 0 Å². The lowest BCUT2D eigenvalue weighted by atomic mass is 10.1. The third kappa shape index (κ3) is 6.31. The molecule has 0 spiro atoms. The molecular formula is C20H22N2O5S. The van der Waals surface area contributed by atoms with E-state index in [9.17, 15) is 19.2 Å². The zero-order valence-electron chi connectivity index (χ0n) is 16.0. The first-order chi connectivity index (χ1) is 13.3. The van der Waals surface area contributed by atoms with Crippen LogP contribution in [0.15, 0.2) is 30.3 Å². The Morgan fingerprint density at radius 1 is 1.00 bits per heavy atom. The molecular weight excluding hydrogens is 380 g/mol. The van der Waals surface area contributed by atoms with E-state index in [-0.39, 0.29) is 24.1 Å². The molecule has 8 heteroatoms. The van der Waals surface area contributed by atoms with Crippen LogP contribution in [0.3, 0.4) is 0 Å². The van der Waals surface area contributed by atoms with Crippen LogP contribution >= 0.6 is 11.3 Å². The van der Waals surface area contributed by atoms with E-state index in [1.807, 2.05) is 19.9 Å². The minimum absolute atomic E-state index is 0.155. The number of rotatable bonds is 8. The number of esters is 1. The van der Waals surface area contributed by atoms with Crippen molar-refractivity contribution in [2.24, 2.45) is 0 Å². The van der Waals surface area contributed by atoms with E-state index in [1.165, 1.54) is 18.3 Å². The third-order valence-corrected chi connectivity index (χ3v) is 5.10. The topological polar surface area (TPSA) is 102 Å². The molecule has 1 aromatic carbocycles. The van der Waals surface area contributed by atoms with Crippen molar-refractivity contribution in [2.45, 2.75) is 27.3 Å². The van der Waals surface area contributed by atoms with Gasteiger partial charge in [0.15, 0.2) is 6.61 Å². The van der Waals surface area contributed by atoms with Gasteiger partial charge in [-0.25, -0.2) is 0 Å². The van der Waals surface area contributed by atoms with Crippen LogP contribution < -0.4 is 10.6 Å². The highest BCUT2D eigenvalue weighted by atomic mass is 32.1. The Labute approximate surface area is 167 Å². The molecule has 0 atom stereocenters. The molecule has 0 fully saturated rings. The maximum atomic E-state index is 12.1. The molecule has 0 bridgehead atoms. The second-order valence-corrected chi connectivity index (χ2v) is 7.41. The molecule has 1 heterocycles. The molecule has 2 rings (SSSR count). The number of nitrogens with one attached hydrogen (secondary N) is 2. The van der Waals surface area contributed by atoms with Crippen LogP contribution in [0.2, 0.25) is 0 Å². The summed E-state index contributed by atoms with van der Waals surface area (Å²) >= 11 is 1.23. The zero-order chi connectivity index (χ0) is 20.7. The lowest BCUT2D eigenvalue weighted by Crippen LogP contribution is -2.31. The highest BCUT2D eigenvalue weighted by Gasteiger charge is 2.14. The van der Waals surface area contributed by atoms with Crippen LogP contribution in [0.4, 0.5) is 0 Å². The van der Waals surface area contributed by atoms with E-state index in [0.29, 0.717) is 17.0 Å². The quantitative estimate of drug-likeness (QED) is 0.520. The van der Waals surface area contributed by atoms with Gasteiger partial charge in [0.2, 0.25) is 11.7 Å². The van der Waals surface area contributed by atoms with Gasteiger partial charge < -0.3 is 15.4 Å². The van der Waals surface area contributed by atoms with Gasteiger partial charge in [-0.05, 0) is 49.2 Å². The zero-order valence-corrected chi connectivity index (χ0v) is 16.8. The SMILES string of the molecule is CC(=O)NCc1ccc(C(=O)COC(=O)CNC(=O)c2ccc(C)c(C)c2)s1. The highest BCUT2D eigenvalue weighted by Crippen LogP contribution is 2.17. The number of Topliss-reactive ketones (excluding diaryl/α,β-unsaturated/α-hetero) is 1. The van der Waals surface area contributed by atoms with Gasteiger partial charge in [0, 0.05) is 17.4 Å². The lowest BCUT2D eigenvalue weighted by Gasteiger charge is -2.07. The first kappa shape index (κ1) is 21.3. The van der Waals surface area contributed by atoms with E-state index in [2.05, 4.69) is 10.6 Å². The second kappa shape index (κ2) is 9.80. The predicted octanol–water partition coefficient (Wildman–Crippen LogP) is 2.16. The Morgan fingerprint density at radius 3 is 2.43 bits per heavy atom.